The Morgan fingerprint density at radius 3 is 2.60 bits per heavy atom. The van der Waals surface area contributed by atoms with E-state index in [4.69, 9.17) is 4.74 Å². The van der Waals surface area contributed by atoms with E-state index in [1.165, 1.54) is 0 Å². The second kappa shape index (κ2) is 8.75. The van der Waals surface area contributed by atoms with Gasteiger partial charge in [0.1, 0.15) is 5.69 Å². The molecule has 3 aromatic heterocycles. The summed E-state index contributed by atoms with van der Waals surface area (Å²) >= 11 is 0. The van der Waals surface area contributed by atoms with Crippen molar-refractivity contribution >= 4 is 44.9 Å². The van der Waals surface area contributed by atoms with Gasteiger partial charge in [-0.1, -0.05) is 18.2 Å². The van der Waals surface area contributed by atoms with Gasteiger partial charge in [0.05, 0.1) is 24.4 Å². The molecule has 0 spiro atoms. The molecule has 35 heavy (non-hydrogen) atoms. The van der Waals surface area contributed by atoms with Crippen molar-refractivity contribution in [2.24, 2.45) is 7.05 Å². The van der Waals surface area contributed by atoms with Crippen LogP contribution in [0.2, 0.25) is 0 Å². The summed E-state index contributed by atoms with van der Waals surface area (Å²) in [5.74, 6) is -0.832. The summed E-state index contributed by atoms with van der Waals surface area (Å²) in [5.41, 5.74) is 3.57. The van der Waals surface area contributed by atoms with Crippen LogP contribution in [0.3, 0.4) is 0 Å². The number of fused-ring (bicyclic) bond motifs is 2. The maximum absolute atomic E-state index is 13.1. The maximum atomic E-state index is 13.1. The summed E-state index contributed by atoms with van der Waals surface area (Å²) in [4.78, 5) is 33.0. The first-order valence-corrected chi connectivity index (χ1v) is 11.9. The zero-order valence-corrected chi connectivity index (χ0v) is 19.5. The van der Waals surface area contributed by atoms with E-state index in [1.807, 2.05) is 36.5 Å². The fraction of sp³-hybridized carbons (Fsp3) is 0.308. The summed E-state index contributed by atoms with van der Waals surface area (Å²) in [6.07, 6.45) is 4.67. The highest BCUT2D eigenvalue weighted by atomic mass is 16.5. The number of nitrogens with zero attached hydrogens (tertiary/aromatic N) is 5. The van der Waals surface area contributed by atoms with Gasteiger partial charge in [-0.15, -0.1) is 0 Å². The summed E-state index contributed by atoms with van der Waals surface area (Å²) < 4.78 is 9.27. The molecule has 4 aromatic rings. The predicted molar refractivity (Wildman–Crippen MR) is 132 cm³/mol. The second-order valence-corrected chi connectivity index (χ2v) is 8.94. The van der Waals surface area contributed by atoms with Crippen molar-refractivity contribution in [1.82, 2.24) is 29.5 Å². The Balaban J connectivity index is 1.44. The van der Waals surface area contributed by atoms with Crippen LogP contribution >= 0.6 is 0 Å². The van der Waals surface area contributed by atoms with Crippen LogP contribution in [-0.2, 0) is 27.9 Å². The van der Waals surface area contributed by atoms with Crippen molar-refractivity contribution < 1.29 is 14.3 Å². The van der Waals surface area contributed by atoms with Gasteiger partial charge in [0.25, 0.3) is 11.8 Å². The molecule has 1 fully saturated rings. The van der Waals surface area contributed by atoms with Crippen molar-refractivity contribution in [2.75, 3.05) is 32.8 Å². The van der Waals surface area contributed by atoms with Crippen LogP contribution in [-0.4, -0.2) is 68.9 Å². The van der Waals surface area contributed by atoms with Crippen LogP contribution in [0.5, 0.6) is 0 Å². The first-order valence-electron chi connectivity index (χ1n) is 11.9. The van der Waals surface area contributed by atoms with Crippen molar-refractivity contribution in [1.29, 1.82) is 0 Å². The minimum Gasteiger partial charge on any atom is -0.379 e. The van der Waals surface area contributed by atoms with Gasteiger partial charge in [-0.05, 0) is 24.6 Å². The number of hydrogen-bond donors (Lipinski definition) is 1. The average molecular weight is 471 g/mol. The van der Waals surface area contributed by atoms with E-state index < -0.39 is 11.8 Å². The van der Waals surface area contributed by atoms with E-state index in [-0.39, 0.29) is 0 Å². The number of amides is 2. The molecular weight excluding hydrogens is 444 g/mol. The number of ether oxygens (including phenoxy) is 1. The van der Waals surface area contributed by atoms with Crippen LogP contribution in [0.1, 0.15) is 17.7 Å². The third-order valence-corrected chi connectivity index (χ3v) is 6.80. The molecule has 9 heteroatoms. The smallest absolute Gasteiger partial charge is 0.261 e. The summed E-state index contributed by atoms with van der Waals surface area (Å²) in [5, 5.41) is 8.76. The lowest BCUT2D eigenvalue weighted by Crippen LogP contribution is -2.37. The monoisotopic (exact) mass is 470 g/mol. The number of aryl methyl sites for hydroxylation is 2. The Bertz CT molecular complexity index is 1490. The molecule has 1 saturated heterocycles. The molecule has 0 atom stereocenters. The van der Waals surface area contributed by atoms with Gasteiger partial charge in [0.15, 0.2) is 5.65 Å². The van der Waals surface area contributed by atoms with Crippen molar-refractivity contribution in [3.05, 3.63) is 60.0 Å². The summed E-state index contributed by atoms with van der Waals surface area (Å²) in [6, 6.07) is 11.7. The normalized spacial score (nSPS) is 17.2. The lowest BCUT2D eigenvalue weighted by molar-refractivity contribution is -0.122. The predicted octanol–water partition coefficient (Wildman–Crippen LogP) is 2.21. The largest absolute Gasteiger partial charge is 0.379 e. The van der Waals surface area contributed by atoms with Gasteiger partial charge in [0, 0.05) is 67.5 Å². The SMILES string of the molecule is Cn1nc(C2=C(c3cn(CCCN4CCOCC4)c4ccccc34)C(=O)NC2=O)c2cccnc21. The van der Waals surface area contributed by atoms with Crippen molar-refractivity contribution in [2.45, 2.75) is 13.0 Å². The Labute approximate surface area is 202 Å². The quantitative estimate of drug-likeness (QED) is 0.434. The van der Waals surface area contributed by atoms with Gasteiger partial charge >= 0.3 is 0 Å². The number of para-hydroxylation sites is 1. The van der Waals surface area contributed by atoms with Gasteiger partial charge in [-0.2, -0.15) is 5.10 Å². The highest BCUT2D eigenvalue weighted by Crippen LogP contribution is 2.37. The Morgan fingerprint density at radius 1 is 0.971 bits per heavy atom. The molecule has 0 unspecified atom stereocenters. The lowest BCUT2D eigenvalue weighted by atomic mass is 9.98. The Hall–Kier alpha value is -3.82. The van der Waals surface area contributed by atoms with E-state index in [0.29, 0.717) is 22.5 Å². The standard InChI is InChI=1S/C26H26N6O3/c1-30-24-18(7-4-9-27-24)23(29-30)22-21(25(33)28-26(22)34)19-16-32(20-8-3-2-6-17(19)20)11-5-10-31-12-14-35-15-13-31/h2-4,6-9,16H,5,10-15H2,1H3,(H,28,33,34). The molecule has 1 aromatic carbocycles. The summed E-state index contributed by atoms with van der Waals surface area (Å²) in [6.45, 7) is 5.30. The van der Waals surface area contributed by atoms with Gasteiger partial charge < -0.3 is 9.30 Å². The Kier molecular flexibility index (Phi) is 5.43. The number of carbonyl (C=O) groups is 2. The van der Waals surface area contributed by atoms with Crippen LogP contribution < -0.4 is 5.32 Å². The highest BCUT2D eigenvalue weighted by Gasteiger charge is 2.36. The maximum Gasteiger partial charge on any atom is 0.261 e. The fourth-order valence-electron chi connectivity index (χ4n) is 5.13. The molecule has 0 aliphatic carbocycles. The Morgan fingerprint density at radius 2 is 1.74 bits per heavy atom. The number of carbonyl (C=O) groups excluding carboxylic acids is 2. The first-order chi connectivity index (χ1) is 17.1. The number of rotatable bonds is 6. The third-order valence-electron chi connectivity index (χ3n) is 6.80. The summed E-state index contributed by atoms with van der Waals surface area (Å²) in [7, 11) is 1.79. The average Bonchev–Trinajstić information content (AvgIpc) is 3.50. The highest BCUT2D eigenvalue weighted by molar-refractivity contribution is 6.50. The first kappa shape index (κ1) is 21.7. The van der Waals surface area contributed by atoms with E-state index >= 15 is 0 Å². The molecule has 6 rings (SSSR count). The number of morpholine rings is 1. The lowest BCUT2D eigenvalue weighted by Gasteiger charge is -2.26. The van der Waals surface area contributed by atoms with Crippen LogP contribution in [0.25, 0.3) is 33.1 Å². The molecular formula is C26H26N6O3. The molecule has 178 valence electrons. The second-order valence-electron chi connectivity index (χ2n) is 8.94. The molecule has 2 aliphatic rings. The van der Waals surface area contributed by atoms with Gasteiger partial charge in [-0.25, -0.2) is 9.67 Å². The minimum atomic E-state index is -0.432. The third kappa shape index (κ3) is 3.73. The molecule has 0 bridgehead atoms. The minimum absolute atomic E-state index is 0.296. The van der Waals surface area contributed by atoms with E-state index in [9.17, 15) is 9.59 Å². The van der Waals surface area contributed by atoms with Crippen LogP contribution in [0.15, 0.2) is 48.8 Å². The number of aromatic nitrogens is 4. The molecule has 9 nitrogen and oxygen atoms in total. The number of benzene rings is 1. The van der Waals surface area contributed by atoms with Crippen LogP contribution in [0.4, 0.5) is 0 Å². The zero-order chi connectivity index (χ0) is 23.9. The molecule has 2 aliphatic heterocycles. The fourth-order valence-corrected chi connectivity index (χ4v) is 5.13. The molecule has 5 heterocycles. The van der Waals surface area contributed by atoms with E-state index in [1.54, 1.807) is 17.9 Å². The van der Waals surface area contributed by atoms with E-state index in [2.05, 4.69) is 30.9 Å². The molecule has 2 amide bonds. The van der Waals surface area contributed by atoms with E-state index in [0.717, 1.165) is 67.7 Å². The topological polar surface area (TPSA) is 94.3 Å². The van der Waals surface area contributed by atoms with Crippen molar-refractivity contribution in [3.63, 3.8) is 0 Å². The van der Waals surface area contributed by atoms with Gasteiger partial charge in [0.2, 0.25) is 0 Å². The zero-order valence-electron chi connectivity index (χ0n) is 19.5. The molecule has 0 saturated carbocycles. The van der Waals surface area contributed by atoms with Gasteiger partial charge in [-0.3, -0.25) is 19.8 Å². The number of hydrogen-bond acceptors (Lipinski definition) is 6. The molecule has 1 N–H and O–H groups in total. The van der Waals surface area contributed by atoms with Crippen LogP contribution in [0, 0.1) is 0 Å². The number of nitrogens with one attached hydrogen (secondary N) is 1. The number of imide groups is 1. The van der Waals surface area contributed by atoms with Crippen molar-refractivity contribution in [3.8, 4) is 0 Å². The number of pyridine rings is 1. The molecule has 0 radical (unpaired) electrons.